The number of rotatable bonds is 7. The first-order valence-electron chi connectivity index (χ1n) is 11.9. The number of amides is 2. The summed E-state index contributed by atoms with van der Waals surface area (Å²) in [6, 6.07) is 10.3. The van der Waals surface area contributed by atoms with Crippen LogP contribution in [0.25, 0.3) is 11.0 Å². The van der Waals surface area contributed by atoms with Gasteiger partial charge in [-0.25, -0.2) is 9.82 Å². The Balaban J connectivity index is 0.00000176. The van der Waals surface area contributed by atoms with Crippen LogP contribution < -0.4 is 16.4 Å². The molecule has 3 aromatic rings. The van der Waals surface area contributed by atoms with Gasteiger partial charge in [-0.3, -0.25) is 19.0 Å². The van der Waals surface area contributed by atoms with Gasteiger partial charge < -0.3 is 10.2 Å². The summed E-state index contributed by atoms with van der Waals surface area (Å²) in [6.07, 6.45) is 1.55. The summed E-state index contributed by atoms with van der Waals surface area (Å²) < 4.78 is 1.27. The van der Waals surface area contributed by atoms with E-state index >= 15 is 0 Å². The molecule has 1 fully saturated rings. The van der Waals surface area contributed by atoms with Crippen LogP contribution in [0.1, 0.15) is 43.6 Å². The topological polar surface area (TPSA) is 110 Å². The third-order valence-electron chi connectivity index (χ3n) is 5.70. The molecule has 2 amide bonds. The molecule has 0 radical (unpaired) electrons. The lowest BCUT2D eigenvalue weighted by Gasteiger charge is -2.45. The highest BCUT2D eigenvalue weighted by Gasteiger charge is 2.37. The van der Waals surface area contributed by atoms with Gasteiger partial charge in [0.1, 0.15) is 17.8 Å². The molecular formula is C26H33ClN5O4+. The van der Waals surface area contributed by atoms with Crippen LogP contribution in [0.3, 0.4) is 0 Å². The number of aromatic nitrogens is 2. The van der Waals surface area contributed by atoms with Crippen LogP contribution in [-0.2, 0) is 22.7 Å². The number of pyridine rings is 2. The average molecular weight is 515 g/mol. The van der Waals surface area contributed by atoms with Crippen molar-refractivity contribution in [3.05, 3.63) is 69.1 Å². The fourth-order valence-electron chi connectivity index (χ4n) is 4.07. The maximum absolute atomic E-state index is 13.3. The zero-order valence-corrected chi connectivity index (χ0v) is 22.1. The maximum atomic E-state index is 13.3. The van der Waals surface area contributed by atoms with Crippen LogP contribution in [0.4, 0.5) is 5.69 Å². The van der Waals surface area contributed by atoms with Crippen molar-refractivity contribution in [1.29, 1.82) is 0 Å². The van der Waals surface area contributed by atoms with Crippen LogP contribution in [0.15, 0.2) is 47.4 Å². The number of quaternary nitrogens is 1. The number of hydrogen-bond acceptors (Lipinski definition) is 5. The second-order valence-electron chi connectivity index (χ2n) is 9.21. The summed E-state index contributed by atoms with van der Waals surface area (Å²) in [6.45, 7) is 9.45. The van der Waals surface area contributed by atoms with Crippen LogP contribution in [-0.4, -0.2) is 46.5 Å². The number of fused-ring (bicyclic) bond motifs is 1. The van der Waals surface area contributed by atoms with Crippen LogP contribution in [0, 0.1) is 5.41 Å². The number of benzene rings is 1. The number of nitrogens with two attached hydrogens (primary N) is 1. The molecule has 2 aromatic heterocycles. The van der Waals surface area contributed by atoms with Crippen molar-refractivity contribution < 1.29 is 19.9 Å². The zero-order valence-electron chi connectivity index (χ0n) is 21.3. The first kappa shape index (κ1) is 27.3. The summed E-state index contributed by atoms with van der Waals surface area (Å²) in [5.41, 5.74) is 2.79. The van der Waals surface area contributed by atoms with Crippen molar-refractivity contribution in [2.24, 2.45) is 5.41 Å². The smallest absolute Gasteiger partial charge is 0.265 e. The average Bonchev–Trinajstić information content (AvgIpc) is 2.84. The largest absolute Gasteiger partial charge is 0.348 e. The minimum Gasteiger partial charge on any atom is -0.348 e. The molecule has 10 heteroatoms. The van der Waals surface area contributed by atoms with E-state index in [9.17, 15) is 14.4 Å². The molecule has 1 aromatic carbocycles. The highest BCUT2D eigenvalue weighted by molar-refractivity contribution is 6.30. The Bertz CT molecular complexity index is 1300. The third-order valence-corrected chi connectivity index (χ3v) is 5.95. The van der Waals surface area contributed by atoms with Gasteiger partial charge in [-0.2, -0.15) is 5.48 Å². The Morgan fingerprint density at radius 1 is 1.17 bits per heavy atom. The number of nitrogens with one attached hydrogen (secondary N) is 1. The Kier molecular flexibility index (Phi) is 8.84. The highest BCUT2D eigenvalue weighted by atomic mass is 35.5. The molecule has 0 atom stereocenters. The lowest BCUT2D eigenvalue weighted by atomic mass is 9.84. The SMILES string of the molecule is CC.CO[NH2+]c1cnc2c(c1)cc(C(=O)NCc1ccc(Cl)cc1)c(=O)n2CC(=O)N1CC(C)(C)C1. The second kappa shape index (κ2) is 11.6. The van der Waals surface area contributed by atoms with Crippen LogP contribution in [0.2, 0.25) is 5.02 Å². The summed E-state index contributed by atoms with van der Waals surface area (Å²) in [5.74, 6) is -0.718. The molecule has 36 heavy (non-hydrogen) atoms. The van der Waals surface area contributed by atoms with Crippen molar-refractivity contribution >= 4 is 40.1 Å². The Labute approximate surface area is 215 Å². The first-order chi connectivity index (χ1) is 17.2. The van der Waals surface area contributed by atoms with Crippen molar-refractivity contribution in [3.63, 3.8) is 0 Å². The molecule has 3 heterocycles. The van der Waals surface area contributed by atoms with Gasteiger partial charge in [-0.15, -0.1) is 0 Å². The monoisotopic (exact) mass is 514 g/mol. The molecule has 0 saturated carbocycles. The van der Waals surface area contributed by atoms with Gasteiger partial charge in [0, 0.05) is 36.1 Å². The number of carbonyl (C=O) groups excluding carboxylic acids is 2. The number of hydrogen-bond donors (Lipinski definition) is 2. The van der Waals surface area contributed by atoms with Crippen molar-refractivity contribution in [3.8, 4) is 0 Å². The molecular weight excluding hydrogens is 482 g/mol. The van der Waals surface area contributed by atoms with E-state index in [2.05, 4.69) is 24.1 Å². The molecule has 192 valence electrons. The summed E-state index contributed by atoms with van der Waals surface area (Å²) in [5, 5.41) is 3.92. The van der Waals surface area contributed by atoms with Crippen molar-refractivity contribution in [2.45, 2.75) is 40.8 Å². The van der Waals surface area contributed by atoms with Gasteiger partial charge in [0.15, 0.2) is 5.69 Å². The predicted octanol–water partition coefficient (Wildman–Crippen LogP) is 2.63. The fraction of sp³-hybridized carbons (Fsp3) is 0.385. The minimum absolute atomic E-state index is 0.0606. The molecule has 0 bridgehead atoms. The molecule has 1 aliphatic rings. The maximum Gasteiger partial charge on any atom is 0.265 e. The van der Waals surface area contributed by atoms with Crippen LogP contribution in [0.5, 0.6) is 0 Å². The number of halogens is 1. The van der Waals surface area contributed by atoms with Gasteiger partial charge in [0.2, 0.25) is 5.91 Å². The predicted molar refractivity (Wildman–Crippen MR) is 139 cm³/mol. The first-order valence-corrected chi connectivity index (χ1v) is 12.2. The van der Waals surface area contributed by atoms with E-state index in [4.69, 9.17) is 16.4 Å². The lowest BCUT2D eigenvalue weighted by Crippen LogP contribution is -2.75. The second-order valence-corrected chi connectivity index (χ2v) is 9.64. The van der Waals surface area contributed by atoms with Gasteiger partial charge in [-0.05, 0) is 29.2 Å². The molecule has 0 spiro atoms. The summed E-state index contributed by atoms with van der Waals surface area (Å²) in [4.78, 5) is 50.3. The normalized spacial score (nSPS) is 14.0. The van der Waals surface area contributed by atoms with E-state index in [0.29, 0.717) is 34.8 Å². The summed E-state index contributed by atoms with van der Waals surface area (Å²) >= 11 is 5.91. The highest BCUT2D eigenvalue weighted by Crippen LogP contribution is 2.28. The van der Waals surface area contributed by atoms with E-state index in [0.717, 1.165) is 5.56 Å². The standard InChI is InChI=1S/C24H26ClN5O4.C2H6/c1-24(2)13-29(14-24)20(31)12-30-21-16(8-18(11-26-21)28-34-3)9-19(23(30)33)22(32)27-10-15-4-6-17(25)7-5-15;1-2/h4-9,11,28H,10,12-14H2,1-3H3,(H,27,32);1-2H3/p+1. The quantitative estimate of drug-likeness (QED) is 0.471. The minimum atomic E-state index is -0.565. The Morgan fingerprint density at radius 3 is 2.44 bits per heavy atom. The Hall–Kier alpha value is -3.27. The van der Waals surface area contributed by atoms with Crippen LogP contribution >= 0.6 is 11.6 Å². The number of likely N-dealkylation sites (tertiary alicyclic amines) is 1. The molecule has 1 saturated heterocycles. The van der Waals surface area contributed by atoms with Gasteiger partial charge in [0.05, 0.1) is 13.3 Å². The van der Waals surface area contributed by atoms with Crippen molar-refractivity contribution in [1.82, 2.24) is 19.8 Å². The fourth-order valence-corrected chi connectivity index (χ4v) is 4.20. The van der Waals surface area contributed by atoms with Gasteiger partial charge in [0.25, 0.3) is 11.5 Å². The zero-order chi connectivity index (χ0) is 26.5. The van der Waals surface area contributed by atoms with E-state index in [1.807, 2.05) is 13.8 Å². The van der Waals surface area contributed by atoms with Gasteiger partial charge >= 0.3 is 0 Å². The Morgan fingerprint density at radius 2 is 1.83 bits per heavy atom. The van der Waals surface area contributed by atoms with E-state index in [1.165, 1.54) is 23.2 Å². The third kappa shape index (κ3) is 6.29. The number of carbonyl (C=O) groups is 2. The van der Waals surface area contributed by atoms with Gasteiger partial charge in [-0.1, -0.05) is 51.4 Å². The van der Waals surface area contributed by atoms with E-state index in [1.54, 1.807) is 41.4 Å². The molecule has 9 nitrogen and oxygen atoms in total. The van der Waals surface area contributed by atoms with E-state index in [-0.39, 0.29) is 30.0 Å². The molecule has 1 aliphatic heterocycles. The lowest BCUT2D eigenvalue weighted by molar-refractivity contribution is -0.830. The summed E-state index contributed by atoms with van der Waals surface area (Å²) in [7, 11) is 1.52. The van der Waals surface area contributed by atoms with Crippen molar-refractivity contribution in [2.75, 3.05) is 20.2 Å². The molecule has 3 N–H and O–H groups in total. The number of nitrogens with zero attached hydrogens (tertiary/aromatic N) is 3. The van der Waals surface area contributed by atoms with E-state index < -0.39 is 11.5 Å². The molecule has 0 unspecified atom stereocenters. The molecule has 0 aliphatic carbocycles. The molecule has 4 rings (SSSR count).